The Morgan fingerprint density at radius 1 is 1.69 bits per heavy atom. The van der Waals surface area contributed by atoms with Gasteiger partial charge in [0.15, 0.2) is 0 Å². The first kappa shape index (κ1) is 11.9. The van der Waals surface area contributed by atoms with E-state index in [0.29, 0.717) is 6.07 Å². The molecule has 8 heteroatoms. The highest BCUT2D eigenvalue weighted by Crippen LogP contribution is 2.27. The van der Waals surface area contributed by atoms with Gasteiger partial charge in [-0.15, -0.1) is 0 Å². The van der Waals surface area contributed by atoms with Gasteiger partial charge in [-0.1, -0.05) is 0 Å². The van der Waals surface area contributed by atoms with Crippen molar-refractivity contribution < 1.29 is 18.8 Å². The van der Waals surface area contributed by atoms with Crippen molar-refractivity contribution in [2.75, 3.05) is 0 Å². The first-order valence-electron chi connectivity index (χ1n) is 3.98. The average Bonchev–Trinajstić information content (AvgIpc) is 2.26. The van der Waals surface area contributed by atoms with Gasteiger partial charge >= 0.3 is 5.82 Å². The molecule has 6 nitrogen and oxygen atoms in total. The Bertz CT molecular complexity index is 470. The van der Waals surface area contributed by atoms with Crippen LogP contribution < -0.4 is 0 Å². The van der Waals surface area contributed by atoms with Gasteiger partial charge in [0.1, 0.15) is 6.07 Å². The minimum absolute atomic E-state index is 0.386. The lowest BCUT2D eigenvalue weighted by Gasteiger charge is -2.05. The first-order chi connectivity index (χ1) is 7.51. The van der Waals surface area contributed by atoms with Crippen LogP contribution in [0, 0.1) is 21.4 Å². The van der Waals surface area contributed by atoms with E-state index in [9.17, 15) is 18.9 Å². The first-order valence-corrected chi connectivity index (χ1v) is 3.98. The van der Waals surface area contributed by atoms with Gasteiger partial charge in [-0.05, 0) is 9.91 Å². The Morgan fingerprint density at radius 3 is 2.69 bits per heavy atom. The van der Waals surface area contributed by atoms with E-state index in [4.69, 9.17) is 10.4 Å². The van der Waals surface area contributed by atoms with Gasteiger partial charge in [0.05, 0.1) is 6.61 Å². The molecule has 0 spiro atoms. The van der Waals surface area contributed by atoms with Crippen LogP contribution in [0.1, 0.15) is 23.2 Å². The molecule has 0 unspecified atom stereocenters. The maximum atomic E-state index is 12.5. The maximum Gasteiger partial charge on any atom is 0.365 e. The number of hydrogen-bond donors (Lipinski definition) is 1. The van der Waals surface area contributed by atoms with E-state index in [0.717, 1.165) is 0 Å². The molecular formula is C8H5F2N3O3. The lowest BCUT2D eigenvalue weighted by molar-refractivity contribution is -0.389. The smallest absolute Gasteiger partial charge is 0.365 e. The highest BCUT2D eigenvalue weighted by atomic mass is 19.3. The van der Waals surface area contributed by atoms with E-state index in [-0.39, 0.29) is 5.56 Å². The normalized spacial score (nSPS) is 10.2. The summed E-state index contributed by atoms with van der Waals surface area (Å²) in [6, 6.07) is 1.98. The lowest BCUT2D eigenvalue weighted by atomic mass is 10.1. The highest BCUT2D eigenvalue weighted by Gasteiger charge is 2.24. The Balaban J connectivity index is 3.51. The zero-order valence-corrected chi connectivity index (χ0v) is 7.72. The molecule has 0 atom stereocenters. The van der Waals surface area contributed by atoms with E-state index < -0.39 is 35.0 Å². The van der Waals surface area contributed by atoms with Gasteiger partial charge in [-0.3, -0.25) is 0 Å². The zero-order valence-electron chi connectivity index (χ0n) is 7.72. The lowest BCUT2D eigenvalue weighted by Crippen LogP contribution is -2.04. The average molecular weight is 229 g/mol. The summed E-state index contributed by atoms with van der Waals surface area (Å²) >= 11 is 0. The van der Waals surface area contributed by atoms with Crippen LogP contribution >= 0.6 is 0 Å². The van der Waals surface area contributed by atoms with E-state index in [1.54, 1.807) is 0 Å². The predicted molar refractivity (Wildman–Crippen MR) is 46.5 cm³/mol. The summed E-state index contributed by atoms with van der Waals surface area (Å²) in [4.78, 5) is 12.6. The molecule has 0 radical (unpaired) electrons. The quantitative estimate of drug-likeness (QED) is 0.621. The number of rotatable bonds is 3. The highest BCUT2D eigenvalue weighted by molar-refractivity contribution is 5.43. The molecule has 0 saturated carbocycles. The SMILES string of the molecule is N#Cc1nc([N+](=O)[O-])cc(C(F)F)c1CO. The molecular weight excluding hydrogens is 224 g/mol. The summed E-state index contributed by atoms with van der Waals surface area (Å²) in [5.74, 6) is -0.843. The molecule has 1 N–H and O–H groups in total. The number of nitro groups is 1. The largest absolute Gasteiger partial charge is 0.391 e. The van der Waals surface area contributed by atoms with Crippen LogP contribution in [0.4, 0.5) is 14.6 Å². The Morgan fingerprint density at radius 2 is 2.31 bits per heavy atom. The van der Waals surface area contributed by atoms with Crippen LogP contribution in [0.5, 0.6) is 0 Å². The van der Waals surface area contributed by atoms with Gasteiger partial charge in [0, 0.05) is 17.2 Å². The fraction of sp³-hybridized carbons (Fsp3) is 0.250. The second-order valence-electron chi connectivity index (χ2n) is 2.72. The van der Waals surface area contributed by atoms with Crippen LogP contribution in [-0.4, -0.2) is 15.0 Å². The van der Waals surface area contributed by atoms with Gasteiger partial charge < -0.3 is 15.2 Å². The number of nitrogens with zero attached hydrogens (tertiary/aromatic N) is 3. The van der Waals surface area contributed by atoms with Crippen molar-refractivity contribution in [3.05, 3.63) is 33.0 Å². The molecule has 0 aliphatic heterocycles. The topological polar surface area (TPSA) is 100 Å². The zero-order chi connectivity index (χ0) is 12.3. The molecule has 1 rings (SSSR count). The van der Waals surface area contributed by atoms with Crippen LogP contribution in [-0.2, 0) is 6.61 Å². The van der Waals surface area contributed by atoms with Crippen LogP contribution in [0.15, 0.2) is 6.07 Å². The fourth-order valence-electron chi connectivity index (χ4n) is 1.12. The summed E-state index contributed by atoms with van der Waals surface area (Å²) in [6.45, 7) is -0.826. The van der Waals surface area contributed by atoms with E-state index in [1.165, 1.54) is 6.07 Å². The van der Waals surface area contributed by atoms with Crippen molar-refractivity contribution in [3.63, 3.8) is 0 Å². The molecule has 1 aromatic heterocycles. The summed E-state index contributed by atoms with van der Waals surface area (Å²) in [5, 5.41) is 27.8. The maximum absolute atomic E-state index is 12.5. The summed E-state index contributed by atoms with van der Waals surface area (Å²) in [6.07, 6.45) is -3.02. The van der Waals surface area contributed by atoms with Crippen LogP contribution in [0.2, 0.25) is 0 Å². The van der Waals surface area contributed by atoms with Crippen molar-refractivity contribution in [1.82, 2.24) is 4.98 Å². The van der Waals surface area contributed by atoms with E-state index >= 15 is 0 Å². The van der Waals surface area contributed by atoms with Crippen molar-refractivity contribution in [2.24, 2.45) is 0 Å². The summed E-state index contributed by atoms with van der Waals surface area (Å²) in [5.41, 5.74) is -1.70. The third kappa shape index (κ3) is 2.09. The van der Waals surface area contributed by atoms with Gasteiger partial charge in [0.25, 0.3) is 12.1 Å². The van der Waals surface area contributed by atoms with Crippen molar-refractivity contribution >= 4 is 5.82 Å². The number of alkyl halides is 2. The number of aliphatic hydroxyl groups excluding tert-OH is 1. The number of nitriles is 1. The molecule has 0 amide bonds. The summed E-state index contributed by atoms with van der Waals surface area (Å²) in [7, 11) is 0. The molecule has 0 saturated heterocycles. The third-order valence-electron chi connectivity index (χ3n) is 1.83. The summed E-state index contributed by atoms with van der Waals surface area (Å²) < 4.78 is 25.0. The Kier molecular flexibility index (Phi) is 3.42. The molecule has 84 valence electrons. The number of aliphatic hydroxyl groups is 1. The molecule has 0 bridgehead atoms. The molecule has 0 aromatic carbocycles. The molecule has 0 aliphatic carbocycles. The van der Waals surface area contributed by atoms with Crippen LogP contribution in [0.3, 0.4) is 0 Å². The molecule has 0 aliphatic rings. The van der Waals surface area contributed by atoms with Crippen molar-refractivity contribution in [3.8, 4) is 6.07 Å². The standard InChI is InChI=1S/C8H5F2N3O3/c9-8(10)4-1-7(13(15)16)12-6(2-11)5(4)3-14/h1,8,14H,3H2. The minimum atomic E-state index is -3.02. The second-order valence-corrected chi connectivity index (χ2v) is 2.72. The Hall–Kier alpha value is -2.14. The predicted octanol–water partition coefficient (Wildman–Crippen LogP) is 1.29. The molecule has 1 heterocycles. The van der Waals surface area contributed by atoms with E-state index in [2.05, 4.69) is 4.98 Å². The third-order valence-corrected chi connectivity index (χ3v) is 1.83. The number of hydrogen-bond acceptors (Lipinski definition) is 5. The number of halogens is 2. The second kappa shape index (κ2) is 4.59. The van der Waals surface area contributed by atoms with Crippen molar-refractivity contribution in [1.29, 1.82) is 5.26 Å². The van der Waals surface area contributed by atoms with Crippen molar-refractivity contribution in [2.45, 2.75) is 13.0 Å². The van der Waals surface area contributed by atoms with Gasteiger partial charge in [0.2, 0.25) is 0 Å². The van der Waals surface area contributed by atoms with Gasteiger partial charge in [-0.25, -0.2) is 8.78 Å². The molecule has 16 heavy (non-hydrogen) atoms. The van der Waals surface area contributed by atoms with Crippen LogP contribution in [0.25, 0.3) is 0 Å². The Labute approximate surface area is 87.9 Å². The number of aromatic nitrogens is 1. The van der Waals surface area contributed by atoms with Gasteiger partial charge in [-0.2, -0.15) is 5.26 Å². The monoisotopic (exact) mass is 229 g/mol. The molecule has 0 fully saturated rings. The fourth-order valence-corrected chi connectivity index (χ4v) is 1.12. The van der Waals surface area contributed by atoms with E-state index in [1.807, 2.05) is 0 Å². The molecule has 1 aromatic rings. The minimum Gasteiger partial charge on any atom is -0.391 e. The number of pyridine rings is 1.